The first-order valence-corrected chi connectivity index (χ1v) is 6.25. The van der Waals surface area contributed by atoms with E-state index in [4.69, 9.17) is 4.42 Å². The number of hydrogen-bond acceptors (Lipinski definition) is 6. The maximum atomic E-state index is 10.8. The molecule has 1 aromatic carbocycles. The highest BCUT2D eigenvalue weighted by Crippen LogP contribution is 2.30. The molecule has 0 unspecified atom stereocenters. The SMILES string of the molecule is CCNCc1ccc(-c2cc([N+](=O)[O-])cc([N+](=O)[O-])c2)o1. The topological polar surface area (TPSA) is 111 Å². The molecule has 1 N–H and O–H groups in total. The van der Waals surface area contributed by atoms with E-state index in [1.165, 1.54) is 12.1 Å². The minimum absolute atomic E-state index is 0.304. The van der Waals surface area contributed by atoms with Gasteiger partial charge < -0.3 is 9.73 Å². The molecule has 2 aromatic rings. The molecule has 110 valence electrons. The van der Waals surface area contributed by atoms with Crippen LogP contribution in [0.5, 0.6) is 0 Å². The van der Waals surface area contributed by atoms with E-state index in [9.17, 15) is 20.2 Å². The number of nitro groups is 2. The van der Waals surface area contributed by atoms with Crippen molar-refractivity contribution >= 4 is 11.4 Å². The first-order valence-electron chi connectivity index (χ1n) is 6.25. The van der Waals surface area contributed by atoms with E-state index in [0.717, 1.165) is 12.6 Å². The average Bonchev–Trinajstić information content (AvgIpc) is 2.93. The van der Waals surface area contributed by atoms with Gasteiger partial charge in [-0.05, 0) is 18.7 Å². The van der Waals surface area contributed by atoms with Gasteiger partial charge in [-0.1, -0.05) is 6.92 Å². The fourth-order valence-electron chi connectivity index (χ4n) is 1.82. The van der Waals surface area contributed by atoms with Crippen LogP contribution in [0.15, 0.2) is 34.7 Å². The van der Waals surface area contributed by atoms with Crippen LogP contribution in [0.25, 0.3) is 11.3 Å². The van der Waals surface area contributed by atoms with Crippen LogP contribution in [-0.2, 0) is 6.54 Å². The molecule has 0 aliphatic carbocycles. The van der Waals surface area contributed by atoms with Crippen LogP contribution < -0.4 is 5.32 Å². The molecule has 0 spiro atoms. The van der Waals surface area contributed by atoms with Crippen molar-refractivity contribution in [2.24, 2.45) is 0 Å². The predicted molar refractivity (Wildman–Crippen MR) is 74.8 cm³/mol. The standard InChI is InChI=1S/C13H13N3O5/c1-2-14-8-12-3-4-13(21-12)9-5-10(15(17)18)7-11(6-9)16(19)20/h3-7,14H,2,8H2,1H3. The monoisotopic (exact) mass is 291 g/mol. The molecule has 21 heavy (non-hydrogen) atoms. The summed E-state index contributed by atoms with van der Waals surface area (Å²) in [5, 5.41) is 24.8. The van der Waals surface area contributed by atoms with Gasteiger partial charge in [0.15, 0.2) is 0 Å². The molecule has 0 saturated heterocycles. The predicted octanol–water partition coefficient (Wildman–Crippen LogP) is 2.87. The zero-order valence-corrected chi connectivity index (χ0v) is 11.2. The van der Waals surface area contributed by atoms with E-state index in [-0.39, 0.29) is 11.4 Å². The van der Waals surface area contributed by atoms with Crippen molar-refractivity contribution in [2.45, 2.75) is 13.5 Å². The van der Waals surface area contributed by atoms with Crippen LogP contribution in [0.2, 0.25) is 0 Å². The molecule has 0 fully saturated rings. The van der Waals surface area contributed by atoms with Gasteiger partial charge >= 0.3 is 0 Å². The Bertz CT molecular complexity index is 648. The molecular weight excluding hydrogens is 278 g/mol. The summed E-state index contributed by atoms with van der Waals surface area (Å²) in [7, 11) is 0. The summed E-state index contributed by atoms with van der Waals surface area (Å²) in [5.74, 6) is 1.01. The molecule has 1 aromatic heterocycles. The molecule has 0 atom stereocenters. The van der Waals surface area contributed by atoms with Crippen LogP contribution in [-0.4, -0.2) is 16.4 Å². The third kappa shape index (κ3) is 3.42. The summed E-state index contributed by atoms with van der Waals surface area (Å²) in [5.41, 5.74) is -0.383. The largest absolute Gasteiger partial charge is 0.460 e. The molecule has 0 bridgehead atoms. The van der Waals surface area contributed by atoms with Gasteiger partial charge in [0.1, 0.15) is 11.5 Å². The summed E-state index contributed by atoms with van der Waals surface area (Å²) in [4.78, 5) is 20.4. The van der Waals surface area contributed by atoms with E-state index in [1.54, 1.807) is 12.1 Å². The number of non-ortho nitro benzene ring substituents is 2. The zero-order chi connectivity index (χ0) is 15.4. The van der Waals surface area contributed by atoms with Crippen molar-refractivity contribution in [3.05, 3.63) is 56.3 Å². The molecule has 8 heteroatoms. The molecule has 0 radical (unpaired) electrons. The van der Waals surface area contributed by atoms with E-state index < -0.39 is 9.85 Å². The Labute approximate surface area is 119 Å². The Balaban J connectivity index is 2.40. The van der Waals surface area contributed by atoms with E-state index >= 15 is 0 Å². The number of nitrogens with zero attached hydrogens (tertiary/aromatic N) is 2. The quantitative estimate of drug-likeness (QED) is 0.647. The first-order chi connectivity index (χ1) is 10.0. The average molecular weight is 291 g/mol. The van der Waals surface area contributed by atoms with E-state index in [2.05, 4.69) is 5.32 Å². The van der Waals surface area contributed by atoms with Crippen molar-refractivity contribution < 1.29 is 14.3 Å². The fourth-order valence-corrected chi connectivity index (χ4v) is 1.82. The second kappa shape index (κ2) is 6.14. The van der Waals surface area contributed by atoms with Crippen LogP contribution >= 0.6 is 0 Å². The molecule has 2 rings (SSSR count). The van der Waals surface area contributed by atoms with Crippen molar-refractivity contribution in [3.8, 4) is 11.3 Å². The highest BCUT2D eigenvalue weighted by atomic mass is 16.6. The number of furan rings is 1. The van der Waals surface area contributed by atoms with Crippen molar-refractivity contribution in [1.82, 2.24) is 5.32 Å². The normalized spacial score (nSPS) is 10.5. The Morgan fingerprint density at radius 1 is 1.10 bits per heavy atom. The molecule has 0 amide bonds. The van der Waals surface area contributed by atoms with Gasteiger partial charge in [-0.15, -0.1) is 0 Å². The Hall–Kier alpha value is -2.74. The molecule has 0 aliphatic heterocycles. The van der Waals surface area contributed by atoms with Gasteiger partial charge in [-0.3, -0.25) is 20.2 Å². The van der Waals surface area contributed by atoms with E-state index in [1.807, 2.05) is 6.92 Å². The van der Waals surface area contributed by atoms with Crippen molar-refractivity contribution in [2.75, 3.05) is 6.54 Å². The molecule has 1 heterocycles. The van der Waals surface area contributed by atoms with Gasteiger partial charge in [0.2, 0.25) is 0 Å². The lowest BCUT2D eigenvalue weighted by atomic mass is 10.1. The number of nitrogens with one attached hydrogen (secondary N) is 1. The maximum absolute atomic E-state index is 10.8. The Morgan fingerprint density at radius 3 is 2.24 bits per heavy atom. The molecule has 0 saturated carbocycles. The number of hydrogen-bond donors (Lipinski definition) is 1. The summed E-state index contributed by atoms with van der Waals surface area (Å²) in [6.45, 7) is 3.25. The number of nitro benzene ring substituents is 2. The first kappa shape index (κ1) is 14.7. The summed E-state index contributed by atoms with van der Waals surface area (Å²) in [6, 6.07) is 6.79. The molecule has 8 nitrogen and oxygen atoms in total. The fraction of sp³-hybridized carbons (Fsp3) is 0.231. The van der Waals surface area contributed by atoms with Gasteiger partial charge in [0.25, 0.3) is 11.4 Å². The third-order valence-corrected chi connectivity index (χ3v) is 2.82. The Kier molecular flexibility index (Phi) is 4.29. The maximum Gasteiger partial charge on any atom is 0.277 e. The molecular formula is C13H13N3O5. The van der Waals surface area contributed by atoms with Crippen LogP contribution in [0.3, 0.4) is 0 Å². The minimum atomic E-state index is -0.668. The second-order valence-corrected chi connectivity index (χ2v) is 4.30. The van der Waals surface area contributed by atoms with Crippen LogP contribution in [0.4, 0.5) is 11.4 Å². The van der Waals surface area contributed by atoms with Gasteiger partial charge in [0, 0.05) is 17.7 Å². The number of rotatable bonds is 6. The van der Waals surface area contributed by atoms with Crippen molar-refractivity contribution in [1.29, 1.82) is 0 Å². The number of benzene rings is 1. The van der Waals surface area contributed by atoms with E-state index in [0.29, 0.717) is 23.6 Å². The summed E-state index contributed by atoms with van der Waals surface area (Å²) < 4.78 is 5.53. The lowest BCUT2D eigenvalue weighted by Gasteiger charge is -2.00. The summed E-state index contributed by atoms with van der Waals surface area (Å²) >= 11 is 0. The second-order valence-electron chi connectivity index (χ2n) is 4.30. The van der Waals surface area contributed by atoms with Crippen LogP contribution in [0, 0.1) is 20.2 Å². The summed E-state index contributed by atoms with van der Waals surface area (Å²) in [6.07, 6.45) is 0. The zero-order valence-electron chi connectivity index (χ0n) is 11.2. The van der Waals surface area contributed by atoms with Gasteiger partial charge in [-0.25, -0.2) is 0 Å². The minimum Gasteiger partial charge on any atom is -0.460 e. The van der Waals surface area contributed by atoms with Gasteiger partial charge in [-0.2, -0.15) is 0 Å². The third-order valence-electron chi connectivity index (χ3n) is 2.82. The lowest BCUT2D eigenvalue weighted by Crippen LogP contribution is -2.10. The Morgan fingerprint density at radius 2 is 1.71 bits per heavy atom. The van der Waals surface area contributed by atoms with Crippen LogP contribution in [0.1, 0.15) is 12.7 Å². The van der Waals surface area contributed by atoms with Gasteiger partial charge in [0.05, 0.1) is 22.5 Å². The van der Waals surface area contributed by atoms with Crippen molar-refractivity contribution in [3.63, 3.8) is 0 Å². The highest BCUT2D eigenvalue weighted by molar-refractivity contribution is 5.65. The molecule has 0 aliphatic rings. The highest BCUT2D eigenvalue weighted by Gasteiger charge is 2.18. The smallest absolute Gasteiger partial charge is 0.277 e. The lowest BCUT2D eigenvalue weighted by molar-refractivity contribution is -0.394.